The molecule has 1 aliphatic rings. The molecule has 1 amide bonds. The molecule has 0 spiro atoms. The summed E-state index contributed by atoms with van der Waals surface area (Å²) in [4.78, 5) is 21.2. The molecular weight excluding hydrogens is 382 g/mol. The molecule has 1 aromatic carbocycles. The topological polar surface area (TPSA) is 72.7 Å². The predicted octanol–water partition coefficient (Wildman–Crippen LogP) is 3.49. The molecule has 4 rings (SSSR count). The average Bonchev–Trinajstić information content (AvgIpc) is 3.11. The van der Waals surface area contributed by atoms with Gasteiger partial charge >= 0.3 is 0 Å². The molecule has 1 saturated carbocycles. The van der Waals surface area contributed by atoms with Crippen LogP contribution in [0.2, 0.25) is 0 Å². The summed E-state index contributed by atoms with van der Waals surface area (Å²) in [5, 5.41) is 7.05. The number of pyridine rings is 1. The highest BCUT2D eigenvalue weighted by Gasteiger charge is 2.45. The van der Waals surface area contributed by atoms with Crippen molar-refractivity contribution in [2.24, 2.45) is 0 Å². The van der Waals surface area contributed by atoms with Crippen molar-refractivity contribution in [1.29, 1.82) is 0 Å². The molecule has 0 aliphatic heterocycles. The van der Waals surface area contributed by atoms with Gasteiger partial charge < -0.3 is 5.32 Å². The maximum Gasteiger partial charge on any atom is 0.235 e. The van der Waals surface area contributed by atoms with E-state index in [2.05, 4.69) is 36.3 Å². The number of amides is 1. The summed E-state index contributed by atoms with van der Waals surface area (Å²) < 4.78 is 2.58. The van der Waals surface area contributed by atoms with E-state index in [1.807, 2.05) is 30.3 Å². The molecule has 0 unspecified atom stereocenters. The van der Waals surface area contributed by atoms with E-state index < -0.39 is 5.41 Å². The Morgan fingerprint density at radius 3 is 2.52 bits per heavy atom. The van der Waals surface area contributed by atoms with Crippen LogP contribution < -0.4 is 5.32 Å². The molecule has 1 fully saturated rings. The first kappa shape index (κ1) is 16.0. The van der Waals surface area contributed by atoms with Gasteiger partial charge in [0.1, 0.15) is 12.7 Å². The van der Waals surface area contributed by atoms with Crippen molar-refractivity contribution in [2.45, 2.75) is 24.7 Å². The fourth-order valence-corrected chi connectivity index (χ4v) is 3.38. The number of carbonyl (C=O) groups excluding carboxylic acids is 1. The minimum atomic E-state index is -0.439. The van der Waals surface area contributed by atoms with Crippen molar-refractivity contribution in [3.05, 3.63) is 65.3 Å². The van der Waals surface area contributed by atoms with E-state index in [0.29, 0.717) is 11.5 Å². The smallest absolute Gasteiger partial charge is 0.235 e. The second-order valence-corrected chi connectivity index (χ2v) is 7.06. The molecule has 7 heteroatoms. The summed E-state index contributed by atoms with van der Waals surface area (Å²) in [6, 6.07) is 11.6. The minimum absolute atomic E-state index is 0.0244. The predicted molar refractivity (Wildman–Crippen MR) is 97.5 cm³/mol. The molecule has 0 radical (unpaired) electrons. The van der Waals surface area contributed by atoms with E-state index in [9.17, 15) is 4.79 Å². The largest absolute Gasteiger partial charge is 0.324 e. The number of aromatic nitrogens is 4. The maximum absolute atomic E-state index is 12.9. The van der Waals surface area contributed by atoms with Crippen LogP contribution in [0.4, 0.5) is 5.69 Å². The van der Waals surface area contributed by atoms with E-state index in [1.165, 1.54) is 6.33 Å². The third-order valence-electron chi connectivity index (χ3n) is 4.70. The van der Waals surface area contributed by atoms with E-state index in [-0.39, 0.29) is 5.91 Å². The van der Waals surface area contributed by atoms with Crippen LogP contribution in [0.1, 0.15) is 24.8 Å². The molecule has 126 valence electrons. The van der Waals surface area contributed by atoms with Crippen LogP contribution in [0.15, 0.2) is 59.7 Å². The average molecular weight is 398 g/mol. The Morgan fingerprint density at radius 1 is 1.16 bits per heavy atom. The molecule has 0 saturated heterocycles. The highest BCUT2D eigenvalue weighted by molar-refractivity contribution is 9.10. The molecule has 1 N–H and O–H groups in total. The van der Waals surface area contributed by atoms with E-state index in [4.69, 9.17) is 0 Å². The van der Waals surface area contributed by atoms with Gasteiger partial charge in [-0.1, -0.05) is 34.5 Å². The third kappa shape index (κ3) is 2.95. The van der Waals surface area contributed by atoms with Crippen LogP contribution in [-0.2, 0) is 10.2 Å². The molecule has 2 heterocycles. The number of rotatable bonds is 4. The Bertz CT molecular complexity index is 871. The molecule has 3 aromatic rings. The lowest BCUT2D eigenvalue weighted by molar-refractivity contribution is -0.124. The quantitative estimate of drug-likeness (QED) is 0.731. The Balaban J connectivity index is 1.53. The first-order valence-corrected chi connectivity index (χ1v) is 8.85. The molecule has 0 bridgehead atoms. The number of hydrogen-bond donors (Lipinski definition) is 1. The Kier molecular flexibility index (Phi) is 4.09. The van der Waals surface area contributed by atoms with Gasteiger partial charge in [0.25, 0.3) is 0 Å². The van der Waals surface area contributed by atoms with Crippen molar-refractivity contribution in [3.63, 3.8) is 0 Å². The standard InChI is InChI=1S/C18H16BrN5O/c19-14-4-2-13(3-5-14)18(8-1-9-18)17(25)23-15-6-7-16(21-10-15)24-12-20-11-22-24/h2-7,10-12H,1,8-9H2,(H,23,25). The lowest BCUT2D eigenvalue weighted by Gasteiger charge is -2.40. The molecule has 0 atom stereocenters. The molecule has 25 heavy (non-hydrogen) atoms. The maximum atomic E-state index is 12.9. The van der Waals surface area contributed by atoms with E-state index in [1.54, 1.807) is 23.3 Å². The fourth-order valence-electron chi connectivity index (χ4n) is 3.12. The number of halogens is 1. The van der Waals surface area contributed by atoms with Crippen LogP contribution in [0.5, 0.6) is 0 Å². The van der Waals surface area contributed by atoms with Crippen LogP contribution in [0.25, 0.3) is 5.82 Å². The van der Waals surface area contributed by atoms with Gasteiger partial charge in [0.2, 0.25) is 5.91 Å². The third-order valence-corrected chi connectivity index (χ3v) is 5.23. The summed E-state index contributed by atoms with van der Waals surface area (Å²) >= 11 is 3.45. The van der Waals surface area contributed by atoms with Crippen molar-refractivity contribution in [2.75, 3.05) is 5.32 Å². The van der Waals surface area contributed by atoms with Crippen LogP contribution in [0, 0.1) is 0 Å². The second kappa shape index (κ2) is 6.40. The summed E-state index contributed by atoms with van der Waals surface area (Å²) in [7, 11) is 0. The van der Waals surface area contributed by atoms with Gasteiger partial charge in [-0.25, -0.2) is 14.6 Å². The number of anilines is 1. The second-order valence-electron chi connectivity index (χ2n) is 6.14. The van der Waals surface area contributed by atoms with Crippen LogP contribution >= 0.6 is 15.9 Å². The van der Waals surface area contributed by atoms with Gasteiger partial charge in [0, 0.05) is 4.47 Å². The lowest BCUT2D eigenvalue weighted by atomic mass is 9.64. The van der Waals surface area contributed by atoms with Gasteiger partial charge in [0.05, 0.1) is 17.3 Å². The molecule has 2 aromatic heterocycles. The van der Waals surface area contributed by atoms with Crippen molar-refractivity contribution in [3.8, 4) is 5.82 Å². The minimum Gasteiger partial charge on any atom is -0.324 e. The highest BCUT2D eigenvalue weighted by Crippen LogP contribution is 2.44. The number of carbonyl (C=O) groups is 1. The van der Waals surface area contributed by atoms with E-state index in [0.717, 1.165) is 29.3 Å². The number of hydrogen-bond acceptors (Lipinski definition) is 4. The molecular formula is C18H16BrN5O. The first-order chi connectivity index (χ1) is 12.2. The lowest BCUT2D eigenvalue weighted by Crippen LogP contribution is -2.46. The zero-order chi connectivity index (χ0) is 17.3. The van der Waals surface area contributed by atoms with Gasteiger partial charge in [-0.05, 0) is 42.7 Å². The summed E-state index contributed by atoms with van der Waals surface area (Å²) in [5.74, 6) is 0.679. The van der Waals surface area contributed by atoms with Gasteiger partial charge in [-0.2, -0.15) is 5.10 Å². The first-order valence-electron chi connectivity index (χ1n) is 8.06. The number of nitrogens with one attached hydrogen (secondary N) is 1. The van der Waals surface area contributed by atoms with Crippen molar-refractivity contribution in [1.82, 2.24) is 19.7 Å². The van der Waals surface area contributed by atoms with Crippen LogP contribution in [0.3, 0.4) is 0 Å². The van der Waals surface area contributed by atoms with Crippen LogP contribution in [-0.4, -0.2) is 25.7 Å². The zero-order valence-corrected chi connectivity index (χ0v) is 15.0. The van der Waals surface area contributed by atoms with E-state index >= 15 is 0 Å². The number of benzene rings is 1. The van der Waals surface area contributed by atoms with Gasteiger partial charge in [0.15, 0.2) is 5.82 Å². The summed E-state index contributed by atoms with van der Waals surface area (Å²) in [5.41, 5.74) is 1.30. The molecule has 1 aliphatic carbocycles. The zero-order valence-electron chi connectivity index (χ0n) is 13.4. The van der Waals surface area contributed by atoms with Crippen molar-refractivity contribution >= 4 is 27.5 Å². The monoisotopic (exact) mass is 397 g/mol. The van der Waals surface area contributed by atoms with Gasteiger partial charge in [-0.3, -0.25) is 4.79 Å². The highest BCUT2D eigenvalue weighted by atomic mass is 79.9. The normalized spacial score (nSPS) is 15.4. The fraction of sp³-hybridized carbons (Fsp3) is 0.222. The Morgan fingerprint density at radius 2 is 1.96 bits per heavy atom. The molecule has 6 nitrogen and oxygen atoms in total. The number of nitrogens with zero attached hydrogens (tertiary/aromatic N) is 4. The van der Waals surface area contributed by atoms with Crippen molar-refractivity contribution < 1.29 is 4.79 Å². The summed E-state index contributed by atoms with van der Waals surface area (Å²) in [6.07, 6.45) is 7.47. The van der Waals surface area contributed by atoms with Gasteiger partial charge in [-0.15, -0.1) is 0 Å². The SMILES string of the molecule is O=C(Nc1ccc(-n2cncn2)nc1)C1(c2ccc(Br)cc2)CCC1. The Hall–Kier alpha value is -2.54. The summed E-state index contributed by atoms with van der Waals surface area (Å²) in [6.45, 7) is 0. The Labute approximate surface area is 153 Å².